The van der Waals surface area contributed by atoms with Gasteiger partial charge < -0.3 is 9.51 Å². The number of aromatic nitrogens is 1. The van der Waals surface area contributed by atoms with E-state index in [1.165, 1.54) is 5.56 Å². The van der Waals surface area contributed by atoms with Crippen molar-refractivity contribution in [3.05, 3.63) is 58.0 Å². The van der Waals surface area contributed by atoms with Crippen LogP contribution in [0.3, 0.4) is 0 Å². The maximum Gasteiger partial charge on any atom is 0.167 e. The molecule has 0 atom stereocenters. The molecule has 0 amide bonds. The molecule has 0 radical (unpaired) electrons. The molecule has 0 aliphatic carbocycles. The summed E-state index contributed by atoms with van der Waals surface area (Å²) in [6, 6.07) is 9.89. The van der Waals surface area contributed by atoms with E-state index >= 15 is 0 Å². The molecule has 0 spiro atoms. The van der Waals surface area contributed by atoms with Crippen molar-refractivity contribution in [2.45, 2.75) is 6.92 Å². The molecule has 3 nitrogen and oxygen atoms in total. The van der Waals surface area contributed by atoms with Crippen LogP contribution in [-0.4, -0.2) is 9.51 Å². The molecule has 0 fully saturated rings. The fourth-order valence-electron chi connectivity index (χ4n) is 2.64. The third-order valence-electron chi connectivity index (χ3n) is 3.40. The van der Waals surface area contributed by atoms with Crippen molar-refractivity contribution in [3.8, 4) is 5.75 Å². The van der Waals surface area contributed by atoms with Gasteiger partial charge in [0.1, 0.15) is 5.69 Å². The van der Waals surface area contributed by atoms with Crippen LogP contribution in [0.15, 0.2) is 41.5 Å². The Labute approximate surface area is 97.0 Å². The van der Waals surface area contributed by atoms with Crippen molar-refractivity contribution in [1.29, 1.82) is 0 Å². The molecule has 1 aliphatic heterocycles. The van der Waals surface area contributed by atoms with Crippen molar-refractivity contribution in [3.63, 3.8) is 0 Å². The number of fused-ring (bicyclic) bond motifs is 4. The summed E-state index contributed by atoms with van der Waals surface area (Å²) in [5, 5.41) is 13.2. The van der Waals surface area contributed by atoms with Gasteiger partial charge in [-0.3, -0.25) is 0 Å². The van der Waals surface area contributed by atoms with Crippen LogP contribution in [-0.2, 0) is 0 Å². The minimum Gasteiger partial charge on any atom is -0.504 e. The molecule has 0 saturated carbocycles. The van der Waals surface area contributed by atoms with Gasteiger partial charge in [0.2, 0.25) is 0 Å². The summed E-state index contributed by atoms with van der Waals surface area (Å²) in [5.41, 5.74) is 2.71. The summed E-state index contributed by atoms with van der Waals surface area (Å²) in [4.78, 5) is 4.51. The third kappa shape index (κ3) is 0.900. The molecule has 1 aliphatic rings. The van der Waals surface area contributed by atoms with Crippen LogP contribution in [0.25, 0.3) is 5.52 Å². The fourth-order valence-corrected chi connectivity index (χ4v) is 2.64. The predicted molar refractivity (Wildman–Crippen MR) is 64.3 cm³/mol. The van der Waals surface area contributed by atoms with E-state index in [9.17, 15) is 5.11 Å². The van der Waals surface area contributed by atoms with Gasteiger partial charge in [-0.05, 0) is 30.7 Å². The van der Waals surface area contributed by atoms with E-state index in [-0.39, 0.29) is 5.75 Å². The Balaban J connectivity index is 2.49. The number of hydrogen-bond donors (Lipinski definition) is 1. The molecule has 1 aromatic carbocycles. The largest absolute Gasteiger partial charge is 0.504 e. The first kappa shape index (κ1) is 8.82. The average molecular weight is 222 g/mol. The lowest BCUT2D eigenvalue weighted by Crippen LogP contribution is -2.01. The van der Waals surface area contributed by atoms with Crippen molar-refractivity contribution >= 4 is 11.2 Å². The highest BCUT2D eigenvalue weighted by Gasteiger charge is 2.17. The maximum atomic E-state index is 10.1. The van der Waals surface area contributed by atoms with Gasteiger partial charge in [-0.25, -0.2) is 4.99 Å². The minimum atomic E-state index is 0.278. The number of nitrogens with zero attached hydrogens (tertiary/aromatic N) is 2. The van der Waals surface area contributed by atoms with E-state index in [4.69, 9.17) is 0 Å². The van der Waals surface area contributed by atoms with Crippen LogP contribution in [0.5, 0.6) is 5.75 Å². The highest BCUT2D eigenvalue weighted by Crippen LogP contribution is 2.36. The molecule has 1 N–H and O–H groups in total. The smallest absolute Gasteiger partial charge is 0.167 e. The van der Waals surface area contributed by atoms with E-state index in [0.29, 0.717) is 5.69 Å². The molecule has 17 heavy (non-hydrogen) atoms. The molecule has 0 saturated heterocycles. The molecule has 3 heterocycles. The molecule has 4 rings (SSSR count). The first-order valence-corrected chi connectivity index (χ1v) is 5.58. The van der Waals surface area contributed by atoms with Crippen LogP contribution in [0, 0.1) is 17.5 Å². The first-order valence-electron chi connectivity index (χ1n) is 5.58. The van der Waals surface area contributed by atoms with Gasteiger partial charge in [0.15, 0.2) is 5.75 Å². The quantitative estimate of drug-likeness (QED) is 0.486. The Kier molecular flexibility index (Phi) is 1.39. The lowest BCUT2D eigenvalue weighted by atomic mass is 10.2. The van der Waals surface area contributed by atoms with Crippen LogP contribution in [0.2, 0.25) is 0 Å². The van der Waals surface area contributed by atoms with Crippen LogP contribution in [0.4, 0.5) is 5.69 Å². The Morgan fingerprint density at radius 2 is 2.06 bits per heavy atom. The third-order valence-corrected chi connectivity index (χ3v) is 3.40. The maximum absolute atomic E-state index is 10.1. The van der Waals surface area contributed by atoms with E-state index in [1.54, 1.807) is 0 Å². The Morgan fingerprint density at radius 3 is 2.94 bits per heavy atom. The number of hydrogen-bond acceptors (Lipinski definition) is 2. The lowest BCUT2D eigenvalue weighted by molar-refractivity contribution is 0.483. The summed E-state index contributed by atoms with van der Waals surface area (Å²) in [5.74, 6) is 0.278. The van der Waals surface area contributed by atoms with Crippen molar-refractivity contribution in [1.82, 2.24) is 4.40 Å². The number of benzene rings is 1. The lowest BCUT2D eigenvalue weighted by Gasteiger charge is -1.92. The van der Waals surface area contributed by atoms with E-state index < -0.39 is 0 Å². The topological polar surface area (TPSA) is 37.0 Å². The van der Waals surface area contributed by atoms with Gasteiger partial charge in [-0.15, -0.1) is 0 Å². The zero-order valence-corrected chi connectivity index (χ0v) is 9.31. The molecule has 2 aromatic heterocycles. The fraction of sp³-hybridized carbons (Fsp3) is 0.0714. The van der Waals surface area contributed by atoms with Gasteiger partial charge in [0, 0.05) is 11.4 Å². The predicted octanol–water partition coefficient (Wildman–Crippen LogP) is 2.22. The summed E-state index contributed by atoms with van der Waals surface area (Å²) in [6.07, 6.45) is 1.96. The standard InChI is InChI=1S/C14H10N2O/c1-8-4-2-5-9-11(8)13-12(15-9)14(17)10-6-3-7-16(10)13/h2-7,17H,1H3. The van der Waals surface area contributed by atoms with E-state index in [1.807, 2.05) is 34.9 Å². The Hall–Kier alpha value is -2.29. The van der Waals surface area contributed by atoms with Gasteiger partial charge in [0.25, 0.3) is 0 Å². The van der Waals surface area contributed by atoms with Crippen LogP contribution < -0.4 is 5.36 Å². The molecule has 3 heteroatoms. The highest BCUT2D eigenvalue weighted by molar-refractivity contribution is 5.74. The second kappa shape index (κ2) is 2.69. The Bertz CT molecular complexity index is 906. The first-order chi connectivity index (χ1) is 8.27. The minimum absolute atomic E-state index is 0.278. The highest BCUT2D eigenvalue weighted by atomic mass is 16.3. The monoisotopic (exact) mass is 222 g/mol. The zero-order chi connectivity index (χ0) is 11.6. The normalized spacial score (nSPS) is 12.5. The van der Waals surface area contributed by atoms with Gasteiger partial charge in [-0.2, -0.15) is 0 Å². The molecular formula is C14H10N2O. The van der Waals surface area contributed by atoms with Crippen molar-refractivity contribution in [2.75, 3.05) is 0 Å². The zero-order valence-electron chi connectivity index (χ0n) is 9.31. The van der Waals surface area contributed by atoms with Gasteiger partial charge in [0.05, 0.1) is 16.2 Å². The molecule has 0 unspecified atom stereocenters. The Morgan fingerprint density at radius 1 is 1.18 bits per heavy atom. The number of rotatable bonds is 0. The van der Waals surface area contributed by atoms with Gasteiger partial charge >= 0.3 is 0 Å². The molecule has 0 bridgehead atoms. The van der Waals surface area contributed by atoms with Gasteiger partial charge in [-0.1, -0.05) is 12.1 Å². The number of aryl methyl sites for hydroxylation is 1. The second-order valence-electron chi connectivity index (χ2n) is 4.39. The van der Waals surface area contributed by atoms with Crippen molar-refractivity contribution in [2.24, 2.45) is 4.99 Å². The van der Waals surface area contributed by atoms with E-state index in [2.05, 4.69) is 18.0 Å². The van der Waals surface area contributed by atoms with E-state index in [0.717, 1.165) is 21.4 Å². The number of aromatic hydroxyl groups is 1. The summed E-state index contributed by atoms with van der Waals surface area (Å²) in [7, 11) is 0. The summed E-state index contributed by atoms with van der Waals surface area (Å²) in [6.45, 7) is 2.07. The molecule has 3 aromatic rings. The van der Waals surface area contributed by atoms with Crippen molar-refractivity contribution < 1.29 is 5.11 Å². The SMILES string of the molecule is Cc1cccc2c1=c1c(c(O)c3cccn13)N=2. The van der Waals surface area contributed by atoms with Crippen LogP contribution in [0.1, 0.15) is 5.56 Å². The molecular weight excluding hydrogens is 212 g/mol. The summed E-state index contributed by atoms with van der Waals surface area (Å²) >= 11 is 0. The second-order valence-corrected chi connectivity index (χ2v) is 4.39. The average Bonchev–Trinajstić information content (AvgIpc) is 2.95. The van der Waals surface area contributed by atoms with Crippen LogP contribution >= 0.6 is 0 Å². The summed E-state index contributed by atoms with van der Waals surface area (Å²) < 4.78 is 2.01. The molecule has 82 valence electrons.